The zero-order valence-electron chi connectivity index (χ0n) is 91.8. The molecule has 0 aromatic heterocycles. The van der Waals surface area contributed by atoms with Crippen LogP contribution in [0.25, 0.3) is 0 Å². The Bertz CT molecular complexity index is 4780. The number of hydrogen-bond donors (Lipinski definition) is 8. The summed E-state index contributed by atoms with van der Waals surface area (Å²) in [5.74, 6) is 11.1. The fraction of sp³-hybridized carbons (Fsp3) is 0.575. The summed E-state index contributed by atoms with van der Waals surface area (Å²) in [5.41, 5.74) is 10.1. The second-order valence-corrected chi connectivity index (χ2v) is 44.1. The minimum atomic E-state index is -4.88. The van der Waals surface area contributed by atoms with E-state index in [4.69, 9.17) is 52.0 Å². The first-order chi connectivity index (χ1) is 66.5. The minimum Gasteiger partial charge on any atom is -1.00 e. The molecule has 0 radical (unpaired) electrons. The molecule has 9 N–H and O–H groups in total. The zero-order chi connectivity index (χ0) is 110. The molecule has 3 amide bonds. The molecule has 6 aromatic rings. The fourth-order valence-corrected chi connectivity index (χ4v) is 15.6. The van der Waals surface area contributed by atoms with Crippen LogP contribution in [-0.4, -0.2) is 139 Å². The van der Waals surface area contributed by atoms with Gasteiger partial charge in [0.2, 0.25) is 0 Å². The smallest absolute Gasteiger partial charge is 1.00 e. The topological polar surface area (TPSA) is 319 Å². The second kappa shape index (κ2) is 82.2. The third kappa shape index (κ3) is 83.8. The Hall–Kier alpha value is -4.41. The minimum absolute atomic E-state index is 0. The van der Waals surface area contributed by atoms with E-state index >= 15 is 0 Å². The third-order valence-electron chi connectivity index (χ3n) is 20.3. The van der Waals surface area contributed by atoms with E-state index in [2.05, 4.69) is 216 Å². The van der Waals surface area contributed by atoms with Gasteiger partial charge in [-0.25, -0.2) is 4.79 Å². The number of rotatable bonds is 31. The summed E-state index contributed by atoms with van der Waals surface area (Å²) in [7, 11) is 1.00. The Morgan fingerprint density at radius 1 is 0.510 bits per heavy atom. The van der Waals surface area contributed by atoms with Crippen LogP contribution in [-0.2, 0) is 70.9 Å². The van der Waals surface area contributed by atoms with Crippen LogP contribution >= 0.6 is 79.6 Å². The number of aliphatic hydroxyl groups is 4. The predicted octanol–water partition coefficient (Wildman–Crippen LogP) is 20.9. The molecule has 2 fully saturated rings. The molecule has 0 spiro atoms. The van der Waals surface area contributed by atoms with E-state index in [0.717, 1.165) is 156 Å². The monoisotopic (exact) mass is 2400 g/mol. The normalized spacial score (nSPS) is 12.5. The van der Waals surface area contributed by atoms with Crippen molar-refractivity contribution in [3.05, 3.63) is 208 Å². The molecular formula is C113H165Br5F6K2N6O13. The standard InChI is InChI=1S/C22H30F3NO2.C20H31NO.C16H24BrNO2.C13H15BrF3NO.C11H12BrN.C9H16O.C7H6Br2.C5H10O.C4H7N.C4H8O.CH2O3.CH4O.2K.H/c1-5-11-21(28,12-6-2)13-10-17-8-7-9-18(14-17)15-20(3,4)16-26-19(27)22(23,24)25;1-5-11-20(22,12-6-2)13-10-17-8-7-9-18(14-17)15-19(3,4)16-21;1-15(2,3)20-14(19)18-11-16(4,5)10-12-7-6-8-13(17)9-12;1-12(2,8-18-11(19)13(15,16)17)7-9-4-3-5-10(14)6-9;1-11(2,8-13)7-9-4-3-5-10(12)6-9;1-4-7-9(10,6-3)8-5-2;8-5-6-2-1-3-7(9)4-6;1-5-3-2-4-6-5;1-4(2)3-5;1-2-4-5-3-1;2-1-4-3;1-2;;;/h7-9,14,28H,5-6,11-12,15-16H2,1-4H3,(H,26,27);7-9,14,22H,5-6,11-12,15-16,21H2,1-4H3;6-9H,10-11H2,1-5H3,(H,18,19);3-6H,7-8H2,1-2H3,(H,18,19);3-6H,7H2,1-2H3;3,10H,4-5,7-8H2,1-2H3;1-4H,5H2;5H,2-4H2,1H3;4H,1-2H3;1-4H2;1,3H;2H,1H3;;;/q;;;;;;;;;;;;2*+1;-1/p-1. The molecule has 1 unspecified atom stereocenters. The molecule has 19 nitrogen and oxygen atoms in total. The molecule has 2 aliphatic rings. The number of nitriles is 2. The molecule has 2 aliphatic heterocycles. The summed E-state index contributed by atoms with van der Waals surface area (Å²) in [6.07, 6.45) is 14.0. The molecule has 0 aliphatic carbocycles. The van der Waals surface area contributed by atoms with Gasteiger partial charge in [0.1, 0.15) is 22.4 Å². The number of amides is 3. The molecule has 0 bridgehead atoms. The van der Waals surface area contributed by atoms with Crippen LogP contribution < -0.4 is 130 Å². The SMILES string of the molecule is BrCc1cccc(Br)c1.C#CC(O)(CCC)CCC.C1CCOC1.CC(C)(C#N)Cc1cccc(Br)c1.CC(C)(CNC(=O)C(F)(F)F)Cc1cccc(Br)c1.CC(C)(CNC(=O)OC(C)(C)C)Cc1cccc(Br)c1.CC(C)C#N.CC1CCCO1.CCCC(O)(C#Cc1cccc(CC(C)(C)CN)c1)CCC.CCCC(O)(C#Cc1cccc(CC(C)(C)CNC(=O)C(F)(F)F)c1)CCC.CO.O=CO[O-].[H-].[K+].[K+]. The van der Waals surface area contributed by atoms with Gasteiger partial charge < -0.3 is 67.9 Å². The Morgan fingerprint density at radius 2 is 0.807 bits per heavy atom. The molecule has 6 aromatic carbocycles. The summed E-state index contributed by atoms with van der Waals surface area (Å²) in [4.78, 5) is 44.7. The van der Waals surface area contributed by atoms with Gasteiger partial charge in [0, 0.05) is 86.8 Å². The van der Waals surface area contributed by atoms with E-state index in [1.165, 1.54) is 47.9 Å². The maximum Gasteiger partial charge on any atom is 1.00 e. The van der Waals surface area contributed by atoms with Crippen LogP contribution in [0.5, 0.6) is 0 Å². The van der Waals surface area contributed by atoms with Crippen LogP contribution in [0.15, 0.2) is 163 Å². The number of carbonyl (C=O) groups is 4. The van der Waals surface area contributed by atoms with Gasteiger partial charge in [-0.05, 0) is 286 Å². The predicted molar refractivity (Wildman–Crippen MR) is 585 cm³/mol. The van der Waals surface area contributed by atoms with Gasteiger partial charge in [0.15, 0.2) is 0 Å². The van der Waals surface area contributed by atoms with Gasteiger partial charge in [-0.1, -0.05) is 318 Å². The Kier molecular flexibility index (Phi) is 85.7. The van der Waals surface area contributed by atoms with Crippen LogP contribution in [0, 0.1) is 91.7 Å². The first kappa shape index (κ1) is 151. The number of alkyl carbamates (subject to hydrolysis) is 1. The van der Waals surface area contributed by atoms with Gasteiger partial charge in [-0.15, -0.1) is 6.42 Å². The third-order valence-corrected chi connectivity index (χ3v) is 22.9. The average Bonchev–Trinajstić information content (AvgIpc) is 0.921. The molecule has 145 heavy (non-hydrogen) atoms. The maximum atomic E-state index is 12.3. The van der Waals surface area contributed by atoms with Crippen molar-refractivity contribution in [1.29, 1.82) is 10.5 Å². The van der Waals surface area contributed by atoms with Crippen molar-refractivity contribution in [2.75, 3.05) is 53.1 Å². The molecule has 0 saturated carbocycles. The quantitative estimate of drug-likeness (QED) is 0.00381. The summed E-state index contributed by atoms with van der Waals surface area (Å²) in [6, 6.07) is 52.1. The van der Waals surface area contributed by atoms with Gasteiger partial charge in [-0.3, -0.25) is 14.4 Å². The molecule has 8 rings (SSSR count). The Morgan fingerprint density at radius 3 is 1.04 bits per heavy atom. The summed E-state index contributed by atoms with van der Waals surface area (Å²) in [6.45, 7) is 47.3. The number of hydrogen-bond acceptors (Lipinski definition) is 16. The van der Waals surface area contributed by atoms with Crippen molar-refractivity contribution in [3.63, 3.8) is 0 Å². The Balaban J connectivity index is -0.000000302. The van der Waals surface area contributed by atoms with Crippen molar-refractivity contribution in [2.45, 2.75) is 333 Å². The second-order valence-electron chi connectivity index (χ2n) is 39.9. The molecule has 2 heterocycles. The van der Waals surface area contributed by atoms with Gasteiger partial charge in [-0.2, -0.15) is 36.9 Å². The largest absolute Gasteiger partial charge is 1.00 e. The van der Waals surface area contributed by atoms with Crippen LogP contribution in [0.3, 0.4) is 0 Å². The van der Waals surface area contributed by atoms with Crippen LogP contribution in [0.4, 0.5) is 31.1 Å². The first-order valence-corrected chi connectivity index (χ1v) is 52.8. The molecular weight excluding hydrogens is 2240 g/mol. The fourth-order valence-electron chi connectivity index (χ4n) is 13.4. The molecule has 804 valence electrons. The van der Waals surface area contributed by atoms with E-state index in [1.54, 1.807) is 13.8 Å². The molecule has 2 saturated heterocycles. The van der Waals surface area contributed by atoms with E-state index in [0.29, 0.717) is 44.9 Å². The number of nitrogens with zero attached hydrogens (tertiary/aromatic N) is 2. The number of ether oxygens (including phenoxy) is 3. The van der Waals surface area contributed by atoms with Crippen LogP contribution in [0.2, 0.25) is 0 Å². The number of terminal acetylenes is 1. The summed E-state index contributed by atoms with van der Waals surface area (Å²) >= 11 is 17.0. The van der Waals surface area contributed by atoms with Crippen molar-refractivity contribution >= 4 is 104 Å². The summed E-state index contributed by atoms with van der Waals surface area (Å²) < 4.78 is 92.8. The Labute approximate surface area is 994 Å². The number of alkyl halides is 7. The van der Waals surface area contributed by atoms with E-state index in [-0.39, 0.29) is 152 Å². The van der Waals surface area contributed by atoms with Crippen molar-refractivity contribution in [2.24, 2.45) is 38.7 Å². The van der Waals surface area contributed by atoms with Gasteiger partial charge >= 0.3 is 133 Å². The van der Waals surface area contributed by atoms with E-state index < -0.39 is 57.4 Å². The zero-order valence-corrected chi connectivity index (χ0v) is 105. The van der Waals surface area contributed by atoms with E-state index in [1.807, 2.05) is 210 Å². The molecule has 1 atom stereocenters. The van der Waals surface area contributed by atoms with Gasteiger partial charge in [0.05, 0.1) is 23.7 Å². The van der Waals surface area contributed by atoms with Crippen molar-refractivity contribution in [3.8, 4) is 48.2 Å². The number of nitrogens with one attached hydrogen (secondary N) is 3. The molecule has 32 heteroatoms. The number of carbonyl (C=O) groups excluding carboxylic acids is 4. The summed E-state index contributed by atoms with van der Waals surface area (Å²) in [5, 5.41) is 70.6. The van der Waals surface area contributed by atoms with Gasteiger partial charge in [0.25, 0.3) is 6.47 Å². The number of aliphatic hydroxyl groups excluding tert-OH is 1. The number of nitrogens with two attached hydrogens (primary N) is 1. The average molecular weight is 2410 g/mol. The number of halogens is 11. The maximum absolute atomic E-state index is 12.3. The number of benzene rings is 6. The van der Waals surface area contributed by atoms with Crippen molar-refractivity contribution < 1.29 is 194 Å². The van der Waals surface area contributed by atoms with Crippen molar-refractivity contribution in [1.82, 2.24) is 16.0 Å². The first-order valence-electron chi connectivity index (χ1n) is 48.5. The van der Waals surface area contributed by atoms with E-state index in [9.17, 15) is 56.0 Å². The van der Waals surface area contributed by atoms with Crippen LogP contribution in [0.1, 0.15) is 301 Å².